The van der Waals surface area contributed by atoms with Crippen molar-refractivity contribution in [3.63, 3.8) is 0 Å². The Labute approximate surface area is 498 Å². The van der Waals surface area contributed by atoms with E-state index in [0.717, 1.165) is 83.5 Å². The number of hydrogen-bond acceptors (Lipinski definition) is 6. The molecule has 0 aromatic rings. The average molecular weight is 1120 g/mol. The molecule has 0 amide bonds. The summed E-state index contributed by atoms with van der Waals surface area (Å²) in [5.74, 6) is -0.872. The molecule has 0 aromatic heterocycles. The third-order valence-corrected chi connectivity index (χ3v) is 16.0. The number of unbranched alkanes of at least 4 members (excludes halogenated alkanes) is 47. The van der Waals surface area contributed by atoms with Crippen molar-refractivity contribution >= 4 is 17.9 Å². The second-order valence-electron chi connectivity index (χ2n) is 24.1. The second-order valence-corrected chi connectivity index (χ2v) is 24.1. The molecule has 80 heavy (non-hydrogen) atoms. The Hall–Kier alpha value is -2.63. The van der Waals surface area contributed by atoms with E-state index in [9.17, 15) is 14.4 Å². The van der Waals surface area contributed by atoms with E-state index < -0.39 is 6.10 Å². The molecule has 0 saturated heterocycles. The van der Waals surface area contributed by atoms with E-state index in [1.807, 2.05) is 0 Å². The zero-order chi connectivity index (χ0) is 57.8. The molecule has 0 radical (unpaired) electrons. The largest absolute Gasteiger partial charge is 0.462 e. The van der Waals surface area contributed by atoms with E-state index in [-0.39, 0.29) is 31.1 Å². The predicted molar refractivity (Wildman–Crippen MR) is 349 cm³/mol. The number of allylic oxidation sites excluding steroid dienone is 8. The van der Waals surface area contributed by atoms with Crippen molar-refractivity contribution in [2.24, 2.45) is 0 Å². The monoisotopic (exact) mass is 1120 g/mol. The molecule has 0 rings (SSSR count). The van der Waals surface area contributed by atoms with Gasteiger partial charge in [-0.05, 0) is 96.3 Å². The summed E-state index contributed by atoms with van der Waals surface area (Å²) in [4.78, 5) is 38.4. The quantitative estimate of drug-likeness (QED) is 0.0261. The minimum atomic E-state index is -0.781. The summed E-state index contributed by atoms with van der Waals surface area (Å²) < 4.78 is 17.0. The van der Waals surface area contributed by atoms with Crippen LogP contribution in [0.5, 0.6) is 0 Å². The predicted octanol–water partition coefficient (Wildman–Crippen LogP) is 24.5. The third kappa shape index (κ3) is 66.2. The lowest BCUT2D eigenvalue weighted by atomic mass is 10.0. The Balaban J connectivity index is 4.16. The lowest BCUT2D eigenvalue weighted by Crippen LogP contribution is -2.30. The number of esters is 3. The highest BCUT2D eigenvalue weighted by Gasteiger charge is 2.19. The van der Waals surface area contributed by atoms with Gasteiger partial charge in [-0.1, -0.05) is 320 Å². The first-order valence-electron chi connectivity index (χ1n) is 35.6. The van der Waals surface area contributed by atoms with Crippen molar-refractivity contribution in [1.29, 1.82) is 0 Å². The molecular formula is C74H136O6. The number of ether oxygens (including phenoxy) is 3. The van der Waals surface area contributed by atoms with Crippen LogP contribution in [0.4, 0.5) is 0 Å². The van der Waals surface area contributed by atoms with Crippen molar-refractivity contribution < 1.29 is 28.6 Å². The van der Waals surface area contributed by atoms with Gasteiger partial charge in [0.15, 0.2) is 6.10 Å². The van der Waals surface area contributed by atoms with Crippen LogP contribution in [-0.2, 0) is 28.6 Å². The second kappa shape index (κ2) is 68.9. The van der Waals surface area contributed by atoms with Gasteiger partial charge < -0.3 is 14.2 Å². The molecule has 0 saturated carbocycles. The van der Waals surface area contributed by atoms with E-state index in [2.05, 4.69) is 69.4 Å². The maximum Gasteiger partial charge on any atom is 0.306 e. The van der Waals surface area contributed by atoms with E-state index in [0.29, 0.717) is 19.3 Å². The molecule has 0 N–H and O–H groups in total. The molecule has 0 aliphatic carbocycles. The normalized spacial score (nSPS) is 12.3. The Morgan fingerprint density at radius 3 is 0.750 bits per heavy atom. The van der Waals surface area contributed by atoms with Gasteiger partial charge >= 0.3 is 17.9 Å². The van der Waals surface area contributed by atoms with Crippen LogP contribution in [0.1, 0.15) is 387 Å². The molecular weight excluding hydrogens is 985 g/mol. The molecule has 1 unspecified atom stereocenters. The highest BCUT2D eigenvalue weighted by atomic mass is 16.6. The zero-order valence-corrected chi connectivity index (χ0v) is 53.9. The molecule has 6 heteroatoms. The van der Waals surface area contributed by atoms with Crippen LogP contribution < -0.4 is 0 Å². The van der Waals surface area contributed by atoms with Crippen LogP contribution in [0.15, 0.2) is 48.6 Å². The van der Waals surface area contributed by atoms with Gasteiger partial charge in [-0.25, -0.2) is 0 Å². The molecule has 6 nitrogen and oxygen atoms in total. The van der Waals surface area contributed by atoms with E-state index in [1.165, 1.54) is 263 Å². The summed E-state index contributed by atoms with van der Waals surface area (Å²) >= 11 is 0. The van der Waals surface area contributed by atoms with Gasteiger partial charge in [0.05, 0.1) is 0 Å². The van der Waals surface area contributed by atoms with Crippen LogP contribution >= 0.6 is 0 Å². The minimum absolute atomic E-state index is 0.0757. The molecule has 0 aromatic carbocycles. The molecule has 0 heterocycles. The maximum atomic E-state index is 12.9. The molecule has 0 aliphatic rings. The van der Waals surface area contributed by atoms with Crippen LogP contribution in [0, 0.1) is 0 Å². The Morgan fingerprint density at radius 2 is 0.475 bits per heavy atom. The van der Waals surface area contributed by atoms with E-state index in [1.54, 1.807) is 0 Å². The van der Waals surface area contributed by atoms with Crippen LogP contribution in [-0.4, -0.2) is 37.2 Å². The topological polar surface area (TPSA) is 78.9 Å². The summed E-state index contributed by atoms with van der Waals surface area (Å²) in [5, 5.41) is 0. The minimum Gasteiger partial charge on any atom is -0.462 e. The van der Waals surface area contributed by atoms with Gasteiger partial charge in [-0.3, -0.25) is 14.4 Å². The number of carbonyl (C=O) groups excluding carboxylic acids is 3. The average Bonchev–Trinajstić information content (AvgIpc) is 3.46. The zero-order valence-electron chi connectivity index (χ0n) is 53.9. The lowest BCUT2D eigenvalue weighted by Gasteiger charge is -2.18. The molecule has 0 spiro atoms. The Kier molecular flexibility index (Phi) is 66.6. The molecule has 0 bridgehead atoms. The molecule has 0 fully saturated rings. The first-order valence-corrected chi connectivity index (χ1v) is 35.6. The van der Waals surface area contributed by atoms with Crippen LogP contribution in [0.3, 0.4) is 0 Å². The first kappa shape index (κ1) is 77.4. The fourth-order valence-electron chi connectivity index (χ4n) is 10.7. The van der Waals surface area contributed by atoms with Gasteiger partial charge in [0, 0.05) is 19.3 Å². The summed E-state index contributed by atoms with van der Waals surface area (Å²) in [5.41, 5.74) is 0. The summed E-state index contributed by atoms with van der Waals surface area (Å²) in [7, 11) is 0. The lowest BCUT2D eigenvalue weighted by molar-refractivity contribution is -0.167. The number of rotatable bonds is 66. The third-order valence-electron chi connectivity index (χ3n) is 16.0. The Morgan fingerprint density at radius 1 is 0.250 bits per heavy atom. The summed E-state index contributed by atoms with van der Waals surface area (Å²) in [6.07, 6.45) is 87.3. The standard InChI is InChI=1S/C74H136O6/c1-4-7-10-13-16-19-22-25-27-29-31-32-33-34-35-36-37-38-39-40-41-42-43-45-46-49-52-55-58-61-64-67-73(76)79-70-71(69-78-72(75)66-63-60-57-54-51-48-24-21-18-15-12-9-6-3)80-74(77)68-65-62-59-56-53-50-47-44-30-28-26-23-20-17-14-11-8-5-2/h12,15,21,24,28-31,71H,4-11,13-14,16-20,22-23,25-27,32-70H2,1-3H3/b15-12-,24-21-,30-28-,31-29-. The summed E-state index contributed by atoms with van der Waals surface area (Å²) in [6.45, 7) is 6.62. The smallest absolute Gasteiger partial charge is 0.306 e. The SMILES string of the molecule is CCC/C=C\C/C=C\CCCCCCCC(=O)OCC(COC(=O)CCCCCCCCCCCCCCCCCCCCC/C=C\CCCCCCCCCC)OC(=O)CCCCCCCCC/C=C\CCCCCCCCC. The van der Waals surface area contributed by atoms with Crippen LogP contribution in [0.25, 0.3) is 0 Å². The number of carbonyl (C=O) groups is 3. The fourth-order valence-corrected chi connectivity index (χ4v) is 10.7. The van der Waals surface area contributed by atoms with Crippen molar-refractivity contribution in [3.8, 4) is 0 Å². The van der Waals surface area contributed by atoms with Gasteiger partial charge in [0.1, 0.15) is 13.2 Å². The highest BCUT2D eigenvalue weighted by Crippen LogP contribution is 2.18. The van der Waals surface area contributed by atoms with Crippen molar-refractivity contribution in [1.82, 2.24) is 0 Å². The highest BCUT2D eigenvalue weighted by molar-refractivity contribution is 5.71. The molecule has 1 atom stereocenters. The van der Waals surface area contributed by atoms with Crippen molar-refractivity contribution in [2.75, 3.05) is 13.2 Å². The van der Waals surface area contributed by atoms with Crippen molar-refractivity contribution in [3.05, 3.63) is 48.6 Å². The summed E-state index contributed by atoms with van der Waals surface area (Å²) in [6, 6.07) is 0. The molecule has 0 aliphatic heterocycles. The maximum absolute atomic E-state index is 12.9. The van der Waals surface area contributed by atoms with E-state index >= 15 is 0 Å². The van der Waals surface area contributed by atoms with Gasteiger partial charge in [-0.15, -0.1) is 0 Å². The van der Waals surface area contributed by atoms with Gasteiger partial charge in [-0.2, -0.15) is 0 Å². The number of hydrogen-bond donors (Lipinski definition) is 0. The van der Waals surface area contributed by atoms with Crippen molar-refractivity contribution in [2.45, 2.75) is 393 Å². The Bertz CT molecular complexity index is 1380. The van der Waals surface area contributed by atoms with E-state index in [4.69, 9.17) is 14.2 Å². The van der Waals surface area contributed by atoms with Gasteiger partial charge in [0.2, 0.25) is 0 Å². The molecule has 468 valence electrons. The first-order chi connectivity index (χ1) is 39.5. The van der Waals surface area contributed by atoms with Gasteiger partial charge in [0.25, 0.3) is 0 Å². The fraction of sp³-hybridized carbons (Fsp3) is 0.851. The van der Waals surface area contributed by atoms with Crippen LogP contribution in [0.2, 0.25) is 0 Å².